The molecule has 0 radical (unpaired) electrons. The van der Waals surface area contributed by atoms with Crippen molar-refractivity contribution in [2.75, 3.05) is 13.6 Å². The highest BCUT2D eigenvalue weighted by Crippen LogP contribution is 2.12. The SMILES string of the molecule is CN(Cc1ccc(Br)cc1)C(=O)CCCCN. The number of carbonyl (C=O) groups excluding carboxylic acids is 1. The third-order valence-electron chi connectivity index (χ3n) is 2.60. The summed E-state index contributed by atoms with van der Waals surface area (Å²) in [5.74, 6) is 0.182. The number of unbranched alkanes of at least 4 members (excludes halogenated alkanes) is 1. The summed E-state index contributed by atoms with van der Waals surface area (Å²) in [7, 11) is 1.84. The smallest absolute Gasteiger partial charge is 0.222 e. The number of hydrogen-bond acceptors (Lipinski definition) is 2. The van der Waals surface area contributed by atoms with Gasteiger partial charge in [0.25, 0.3) is 0 Å². The van der Waals surface area contributed by atoms with Gasteiger partial charge in [0, 0.05) is 24.5 Å². The second kappa shape index (κ2) is 7.45. The molecule has 0 saturated carbocycles. The topological polar surface area (TPSA) is 46.3 Å². The lowest BCUT2D eigenvalue weighted by Crippen LogP contribution is -2.25. The zero-order chi connectivity index (χ0) is 12.7. The number of carbonyl (C=O) groups is 1. The minimum absolute atomic E-state index is 0.182. The minimum Gasteiger partial charge on any atom is -0.341 e. The molecule has 17 heavy (non-hydrogen) atoms. The molecule has 0 unspecified atom stereocenters. The Morgan fingerprint density at radius 1 is 1.29 bits per heavy atom. The highest BCUT2D eigenvalue weighted by molar-refractivity contribution is 9.10. The third-order valence-corrected chi connectivity index (χ3v) is 3.13. The molecule has 0 saturated heterocycles. The van der Waals surface area contributed by atoms with Gasteiger partial charge in [0.2, 0.25) is 5.91 Å². The summed E-state index contributed by atoms with van der Waals surface area (Å²) < 4.78 is 1.05. The van der Waals surface area contributed by atoms with Crippen LogP contribution in [0.15, 0.2) is 28.7 Å². The maximum Gasteiger partial charge on any atom is 0.222 e. The van der Waals surface area contributed by atoms with E-state index in [-0.39, 0.29) is 5.91 Å². The van der Waals surface area contributed by atoms with Crippen molar-refractivity contribution in [2.24, 2.45) is 5.73 Å². The molecular weight excluding hydrogens is 280 g/mol. The number of nitrogens with two attached hydrogens (primary N) is 1. The van der Waals surface area contributed by atoms with Gasteiger partial charge in [-0.2, -0.15) is 0 Å². The van der Waals surface area contributed by atoms with Gasteiger partial charge in [0.05, 0.1) is 0 Å². The van der Waals surface area contributed by atoms with Crippen LogP contribution in [0, 0.1) is 0 Å². The number of halogens is 1. The van der Waals surface area contributed by atoms with Crippen molar-refractivity contribution in [1.29, 1.82) is 0 Å². The van der Waals surface area contributed by atoms with E-state index in [1.54, 1.807) is 4.90 Å². The lowest BCUT2D eigenvalue weighted by atomic mass is 10.2. The van der Waals surface area contributed by atoms with Crippen molar-refractivity contribution in [3.63, 3.8) is 0 Å². The van der Waals surface area contributed by atoms with Crippen molar-refractivity contribution in [1.82, 2.24) is 4.90 Å². The second-order valence-electron chi connectivity index (χ2n) is 4.12. The molecule has 1 aromatic carbocycles. The Morgan fingerprint density at radius 2 is 1.94 bits per heavy atom. The number of nitrogens with zero attached hydrogens (tertiary/aromatic N) is 1. The van der Waals surface area contributed by atoms with Gasteiger partial charge in [-0.25, -0.2) is 0 Å². The summed E-state index contributed by atoms with van der Waals surface area (Å²) in [6.45, 7) is 1.32. The predicted octanol–water partition coefficient (Wildman–Crippen LogP) is 2.54. The van der Waals surface area contributed by atoms with Crippen LogP contribution in [0.5, 0.6) is 0 Å². The van der Waals surface area contributed by atoms with Crippen molar-refractivity contribution in [3.05, 3.63) is 34.3 Å². The Morgan fingerprint density at radius 3 is 2.53 bits per heavy atom. The molecule has 0 heterocycles. The standard InChI is InChI=1S/C13H19BrN2O/c1-16(13(17)4-2-3-9-15)10-11-5-7-12(14)8-6-11/h5-8H,2-4,9-10,15H2,1H3. The summed E-state index contributed by atoms with van der Waals surface area (Å²) in [4.78, 5) is 13.5. The molecule has 4 heteroatoms. The molecule has 0 aliphatic heterocycles. The average molecular weight is 299 g/mol. The van der Waals surface area contributed by atoms with Crippen molar-refractivity contribution in [3.8, 4) is 0 Å². The second-order valence-corrected chi connectivity index (χ2v) is 5.04. The predicted molar refractivity (Wildman–Crippen MR) is 73.5 cm³/mol. The molecule has 94 valence electrons. The largest absolute Gasteiger partial charge is 0.341 e. The molecule has 0 atom stereocenters. The molecule has 0 aliphatic rings. The quantitative estimate of drug-likeness (QED) is 0.821. The Balaban J connectivity index is 2.40. The molecular formula is C13H19BrN2O. The number of benzene rings is 1. The van der Waals surface area contributed by atoms with Crippen molar-refractivity contribution >= 4 is 21.8 Å². The molecule has 2 N–H and O–H groups in total. The molecule has 1 aromatic rings. The number of hydrogen-bond donors (Lipinski definition) is 1. The van der Waals surface area contributed by atoms with E-state index in [2.05, 4.69) is 15.9 Å². The minimum atomic E-state index is 0.182. The van der Waals surface area contributed by atoms with Gasteiger partial charge in [-0.15, -0.1) is 0 Å². The zero-order valence-corrected chi connectivity index (χ0v) is 11.7. The Bertz CT molecular complexity index is 351. The molecule has 0 fully saturated rings. The van der Waals surface area contributed by atoms with Crippen molar-refractivity contribution in [2.45, 2.75) is 25.8 Å². The highest BCUT2D eigenvalue weighted by atomic mass is 79.9. The number of amides is 1. The first-order valence-corrected chi connectivity index (χ1v) is 6.61. The van der Waals surface area contributed by atoms with E-state index >= 15 is 0 Å². The molecule has 1 amide bonds. The Hall–Kier alpha value is -0.870. The van der Waals surface area contributed by atoms with Gasteiger partial charge in [-0.1, -0.05) is 28.1 Å². The average Bonchev–Trinajstić information content (AvgIpc) is 2.32. The number of rotatable bonds is 6. The lowest BCUT2D eigenvalue weighted by Gasteiger charge is -2.17. The van der Waals surface area contributed by atoms with Crippen LogP contribution in [0.3, 0.4) is 0 Å². The van der Waals surface area contributed by atoms with E-state index in [4.69, 9.17) is 5.73 Å². The van der Waals surface area contributed by atoms with Crippen LogP contribution in [0.1, 0.15) is 24.8 Å². The van der Waals surface area contributed by atoms with E-state index in [1.807, 2.05) is 31.3 Å². The Labute approximate surface area is 111 Å². The van der Waals surface area contributed by atoms with Crippen LogP contribution in [0.25, 0.3) is 0 Å². The first-order valence-electron chi connectivity index (χ1n) is 5.82. The first-order chi connectivity index (χ1) is 8.13. The molecule has 3 nitrogen and oxygen atoms in total. The first kappa shape index (κ1) is 14.2. The van der Waals surface area contributed by atoms with Crippen LogP contribution < -0.4 is 5.73 Å². The fourth-order valence-corrected chi connectivity index (χ4v) is 1.83. The van der Waals surface area contributed by atoms with Crippen molar-refractivity contribution < 1.29 is 4.79 Å². The van der Waals surface area contributed by atoms with E-state index < -0.39 is 0 Å². The van der Waals surface area contributed by atoms with Crippen LogP contribution in [0.4, 0.5) is 0 Å². The van der Waals surface area contributed by atoms with Crippen LogP contribution in [0.2, 0.25) is 0 Å². The van der Waals surface area contributed by atoms with E-state index in [1.165, 1.54) is 0 Å². The zero-order valence-electron chi connectivity index (χ0n) is 10.2. The van der Waals surface area contributed by atoms with Gasteiger partial charge in [-0.3, -0.25) is 4.79 Å². The van der Waals surface area contributed by atoms with Gasteiger partial charge in [-0.05, 0) is 37.1 Å². The molecule has 0 bridgehead atoms. The molecule has 1 rings (SSSR count). The maximum absolute atomic E-state index is 11.8. The van der Waals surface area contributed by atoms with Gasteiger partial charge in [0.15, 0.2) is 0 Å². The maximum atomic E-state index is 11.8. The van der Waals surface area contributed by atoms with E-state index in [0.29, 0.717) is 19.5 Å². The monoisotopic (exact) mass is 298 g/mol. The van der Waals surface area contributed by atoms with Gasteiger partial charge >= 0.3 is 0 Å². The Kier molecular flexibility index (Phi) is 6.22. The molecule has 0 spiro atoms. The summed E-state index contributed by atoms with van der Waals surface area (Å²) in [6.07, 6.45) is 2.38. The van der Waals surface area contributed by atoms with E-state index in [9.17, 15) is 4.79 Å². The molecule has 0 aliphatic carbocycles. The summed E-state index contributed by atoms with van der Waals surface area (Å²) >= 11 is 3.39. The van der Waals surface area contributed by atoms with Crippen LogP contribution in [-0.4, -0.2) is 24.4 Å². The third kappa shape index (κ3) is 5.33. The summed E-state index contributed by atoms with van der Waals surface area (Å²) in [6, 6.07) is 8.02. The lowest BCUT2D eigenvalue weighted by molar-refractivity contribution is -0.130. The highest BCUT2D eigenvalue weighted by Gasteiger charge is 2.08. The van der Waals surface area contributed by atoms with Crippen LogP contribution >= 0.6 is 15.9 Å². The van der Waals surface area contributed by atoms with Gasteiger partial charge < -0.3 is 10.6 Å². The normalized spacial score (nSPS) is 10.3. The van der Waals surface area contributed by atoms with E-state index in [0.717, 1.165) is 22.9 Å². The van der Waals surface area contributed by atoms with Crippen LogP contribution in [-0.2, 0) is 11.3 Å². The van der Waals surface area contributed by atoms with Gasteiger partial charge in [0.1, 0.15) is 0 Å². The fraction of sp³-hybridized carbons (Fsp3) is 0.462. The summed E-state index contributed by atoms with van der Waals surface area (Å²) in [5.41, 5.74) is 6.54. The fourth-order valence-electron chi connectivity index (χ4n) is 1.56. The molecule has 0 aromatic heterocycles. The summed E-state index contributed by atoms with van der Waals surface area (Å²) in [5, 5.41) is 0.